The number of carboxylic acids is 1. The predicted molar refractivity (Wildman–Crippen MR) is 100 cm³/mol. The molecule has 1 saturated heterocycles. The van der Waals surface area contributed by atoms with Gasteiger partial charge in [-0.15, -0.1) is 0 Å². The Kier molecular flexibility index (Phi) is 5.73. The lowest BCUT2D eigenvalue weighted by Gasteiger charge is -2.25. The highest BCUT2D eigenvalue weighted by Crippen LogP contribution is 2.21. The number of likely N-dealkylation sites (N-methyl/N-ethyl adjacent to an activating group) is 1. The summed E-state index contributed by atoms with van der Waals surface area (Å²) >= 11 is 0. The zero-order valence-corrected chi connectivity index (χ0v) is 15.0. The molecule has 0 radical (unpaired) electrons. The lowest BCUT2D eigenvalue weighted by molar-refractivity contribution is -0.138. The van der Waals surface area contributed by atoms with Crippen LogP contribution in [0.15, 0.2) is 42.5 Å². The van der Waals surface area contributed by atoms with Crippen LogP contribution in [0.25, 0.3) is 11.3 Å². The Morgan fingerprint density at radius 1 is 1.15 bits per heavy atom. The molecule has 1 atom stereocenters. The number of aromatic nitrogens is 1. The second kappa shape index (κ2) is 8.19. The Balaban J connectivity index is 1.64. The van der Waals surface area contributed by atoms with Crippen molar-refractivity contribution in [3.05, 3.63) is 48.2 Å². The van der Waals surface area contributed by atoms with Gasteiger partial charge >= 0.3 is 5.97 Å². The smallest absolute Gasteiger partial charge is 0.317 e. The molecule has 138 valence electrons. The number of nitrogens with one attached hydrogen (secondary N) is 1. The summed E-state index contributed by atoms with van der Waals surface area (Å²) in [4.78, 5) is 30.7. The summed E-state index contributed by atoms with van der Waals surface area (Å²) < 4.78 is 0. The Bertz CT molecular complexity index is 757. The van der Waals surface area contributed by atoms with Gasteiger partial charge in [-0.3, -0.25) is 14.5 Å². The van der Waals surface area contributed by atoms with Gasteiger partial charge in [0.2, 0.25) is 0 Å². The first-order valence-electron chi connectivity index (χ1n) is 9.00. The maximum Gasteiger partial charge on any atom is 0.317 e. The molecule has 6 heteroatoms. The van der Waals surface area contributed by atoms with Crippen LogP contribution in [0.2, 0.25) is 0 Å². The highest BCUT2D eigenvalue weighted by molar-refractivity contribution is 5.93. The van der Waals surface area contributed by atoms with Crippen LogP contribution in [0, 0.1) is 0 Å². The van der Waals surface area contributed by atoms with Crippen LogP contribution in [0.1, 0.15) is 29.8 Å². The molecule has 1 aromatic carbocycles. The van der Waals surface area contributed by atoms with Crippen LogP contribution in [-0.2, 0) is 4.79 Å². The average molecular weight is 355 g/mol. The molecule has 1 fully saturated rings. The van der Waals surface area contributed by atoms with Crippen LogP contribution < -0.4 is 0 Å². The van der Waals surface area contributed by atoms with Gasteiger partial charge < -0.3 is 15.0 Å². The van der Waals surface area contributed by atoms with Crippen LogP contribution in [0.3, 0.4) is 0 Å². The summed E-state index contributed by atoms with van der Waals surface area (Å²) in [6.07, 6.45) is 2.59. The van der Waals surface area contributed by atoms with Crippen molar-refractivity contribution < 1.29 is 14.7 Å². The van der Waals surface area contributed by atoms with Gasteiger partial charge in [0.05, 0.1) is 6.54 Å². The minimum Gasteiger partial charge on any atom is -0.480 e. The van der Waals surface area contributed by atoms with Crippen molar-refractivity contribution in [3.8, 4) is 11.3 Å². The van der Waals surface area contributed by atoms with E-state index < -0.39 is 5.97 Å². The molecule has 3 rings (SSSR count). The Hall–Kier alpha value is -2.60. The highest BCUT2D eigenvalue weighted by atomic mass is 16.4. The molecule has 2 aromatic rings. The molecule has 2 N–H and O–H groups in total. The van der Waals surface area contributed by atoms with E-state index in [2.05, 4.69) is 4.98 Å². The van der Waals surface area contributed by atoms with E-state index in [9.17, 15) is 9.59 Å². The lowest BCUT2D eigenvalue weighted by Crippen LogP contribution is -2.37. The highest BCUT2D eigenvalue weighted by Gasteiger charge is 2.25. The number of carbonyl (C=O) groups excluding carboxylic acids is 1. The predicted octanol–water partition coefficient (Wildman–Crippen LogP) is 2.69. The molecule has 1 unspecified atom stereocenters. The first-order chi connectivity index (χ1) is 12.5. The summed E-state index contributed by atoms with van der Waals surface area (Å²) in [6, 6.07) is 13.9. The van der Waals surface area contributed by atoms with Crippen molar-refractivity contribution in [1.82, 2.24) is 14.8 Å². The SMILES string of the molecule is CN(CC(=O)O)C1CCCN(C(=O)c2ccc(-c3ccccc3)[nH]2)CC1. The van der Waals surface area contributed by atoms with Gasteiger partial charge in [0, 0.05) is 24.8 Å². The Labute approximate surface area is 153 Å². The van der Waals surface area contributed by atoms with Gasteiger partial charge in [0.1, 0.15) is 5.69 Å². The van der Waals surface area contributed by atoms with Crippen LogP contribution >= 0.6 is 0 Å². The Morgan fingerprint density at radius 3 is 2.65 bits per heavy atom. The fourth-order valence-corrected chi connectivity index (χ4v) is 3.54. The number of aliphatic carboxylic acids is 1. The molecule has 1 aliphatic heterocycles. The first kappa shape index (κ1) is 18.2. The van der Waals surface area contributed by atoms with Crippen molar-refractivity contribution in [1.29, 1.82) is 0 Å². The van der Waals surface area contributed by atoms with Gasteiger partial charge in [-0.2, -0.15) is 0 Å². The molecular formula is C20H25N3O3. The summed E-state index contributed by atoms with van der Waals surface area (Å²) in [7, 11) is 1.84. The number of carboxylic acid groups (broad SMARTS) is 1. The summed E-state index contributed by atoms with van der Waals surface area (Å²) in [5.41, 5.74) is 2.59. The van der Waals surface area contributed by atoms with Crippen molar-refractivity contribution in [2.75, 3.05) is 26.7 Å². The number of benzene rings is 1. The van der Waals surface area contributed by atoms with Crippen molar-refractivity contribution in [2.24, 2.45) is 0 Å². The molecule has 1 aliphatic rings. The molecule has 6 nitrogen and oxygen atoms in total. The number of hydrogen-bond donors (Lipinski definition) is 2. The van der Waals surface area contributed by atoms with E-state index in [1.165, 1.54) is 0 Å². The fraction of sp³-hybridized carbons (Fsp3) is 0.400. The third-order valence-corrected chi connectivity index (χ3v) is 4.99. The lowest BCUT2D eigenvalue weighted by atomic mass is 10.1. The van der Waals surface area contributed by atoms with Gasteiger partial charge in [-0.1, -0.05) is 30.3 Å². The topological polar surface area (TPSA) is 76.6 Å². The van der Waals surface area contributed by atoms with Gasteiger partial charge in [-0.05, 0) is 44.0 Å². The monoisotopic (exact) mass is 355 g/mol. The number of amides is 1. The van der Waals surface area contributed by atoms with Crippen LogP contribution in [-0.4, -0.2) is 64.5 Å². The number of aromatic amines is 1. The number of nitrogens with zero attached hydrogens (tertiary/aromatic N) is 2. The van der Waals surface area contributed by atoms with E-state index in [0.29, 0.717) is 18.8 Å². The quantitative estimate of drug-likeness (QED) is 0.865. The number of rotatable bonds is 5. The van der Waals surface area contributed by atoms with Crippen molar-refractivity contribution >= 4 is 11.9 Å². The van der Waals surface area contributed by atoms with E-state index in [1.54, 1.807) is 0 Å². The van der Waals surface area contributed by atoms with Gasteiger partial charge in [0.25, 0.3) is 5.91 Å². The minimum absolute atomic E-state index is 0.00807. The third kappa shape index (κ3) is 4.32. The third-order valence-electron chi connectivity index (χ3n) is 4.99. The van der Waals surface area contributed by atoms with Crippen molar-refractivity contribution in [3.63, 3.8) is 0 Å². The van der Waals surface area contributed by atoms with Gasteiger partial charge in [-0.25, -0.2) is 0 Å². The summed E-state index contributed by atoms with van der Waals surface area (Å²) in [5.74, 6) is -0.807. The number of hydrogen-bond acceptors (Lipinski definition) is 3. The van der Waals surface area contributed by atoms with E-state index in [-0.39, 0.29) is 18.5 Å². The number of carbonyl (C=O) groups is 2. The summed E-state index contributed by atoms with van der Waals surface area (Å²) in [5, 5.41) is 8.96. The van der Waals surface area contributed by atoms with E-state index in [4.69, 9.17) is 5.11 Å². The minimum atomic E-state index is -0.815. The second-order valence-corrected chi connectivity index (χ2v) is 6.84. The largest absolute Gasteiger partial charge is 0.480 e. The molecule has 26 heavy (non-hydrogen) atoms. The normalized spacial score (nSPS) is 17.9. The van der Waals surface area contributed by atoms with Crippen LogP contribution in [0.5, 0.6) is 0 Å². The van der Waals surface area contributed by atoms with E-state index in [1.807, 2.05) is 59.3 Å². The van der Waals surface area contributed by atoms with Crippen molar-refractivity contribution in [2.45, 2.75) is 25.3 Å². The molecule has 0 bridgehead atoms. The first-order valence-corrected chi connectivity index (χ1v) is 9.00. The van der Waals surface area contributed by atoms with E-state index >= 15 is 0 Å². The molecule has 0 saturated carbocycles. The van der Waals surface area contributed by atoms with Crippen LogP contribution in [0.4, 0.5) is 0 Å². The average Bonchev–Trinajstić information content (AvgIpc) is 2.99. The second-order valence-electron chi connectivity index (χ2n) is 6.84. The molecule has 1 amide bonds. The summed E-state index contributed by atoms with van der Waals surface area (Å²) in [6.45, 7) is 1.39. The zero-order chi connectivity index (χ0) is 18.5. The zero-order valence-electron chi connectivity index (χ0n) is 15.0. The van der Waals surface area contributed by atoms with E-state index in [0.717, 1.165) is 30.5 Å². The molecule has 0 spiro atoms. The maximum atomic E-state index is 12.8. The fourth-order valence-electron chi connectivity index (χ4n) is 3.54. The number of likely N-dealkylation sites (tertiary alicyclic amines) is 1. The van der Waals surface area contributed by atoms with Gasteiger partial charge in [0.15, 0.2) is 0 Å². The molecular weight excluding hydrogens is 330 g/mol. The molecule has 1 aromatic heterocycles. The molecule has 0 aliphatic carbocycles. The number of H-pyrrole nitrogens is 1. The maximum absolute atomic E-state index is 12.8. The standard InChI is InChI=1S/C20H25N3O3/c1-22(14-19(24)25)16-8-5-12-23(13-11-16)20(26)18-10-9-17(21-18)15-6-3-2-4-7-15/h2-4,6-7,9-10,16,21H,5,8,11-14H2,1H3,(H,24,25). The Morgan fingerprint density at radius 2 is 1.92 bits per heavy atom. The molecule has 2 heterocycles.